The Kier molecular flexibility index (Phi) is 6.54. The molecule has 2 rings (SSSR count). The maximum absolute atomic E-state index is 11.9. The van der Waals surface area contributed by atoms with Gasteiger partial charge in [-0.25, -0.2) is 4.79 Å². The van der Waals surface area contributed by atoms with Crippen molar-refractivity contribution in [1.82, 2.24) is 0 Å². The molecule has 120 valence electrons. The predicted octanol–water partition coefficient (Wildman–Crippen LogP) is 6.08. The number of esters is 1. The van der Waals surface area contributed by atoms with Crippen LogP contribution in [0.2, 0.25) is 0 Å². The third-order valence-electron chi connectivity index (χ3n) is 2.91. The van der Waals surface area contributed by atoms with Crippen LogP contribution >= 0.6 is 50.7 Å². The van der Waals surface area contributed by atoms with Crippen LogP contribution in [0.25, 0.3) is 6.08 Å². The van der Waals surface area contributed by atoms with Crippen molar-refractivity contribution in [2.75, 3.05) is 0 Å². The van der Waals surface area contributed by atoms with Crippen LogP contribution in [0, 0.1) is 0 Å². The molecule has 0 heterocycles. The average Bonchev–Trinajstić information content (AvgIpc) is 2.53. The number of halogens is 4. The summed E-state index contributed by atoms with van der Waals surface area (Å²) >= 11 is 20.3. The molecule has 2 nitrogen and oxygen atoms in total. The molecule has 0 aliphatic rings. The number of carbonyl (C=O) groups excluding carboxylic acids is 1. The molecule has 2 aromatic rings. The van der Waals surface area contributed by atoms with Crippen molar-refractivity contribution in [2.24, 2.45) is 0 Å². The van der Waals surface area contributed by atoms with E-state index in [1.165, 1.54) is 0 Å². The van der Waals surface area contributed by atoms with Crippen molar-refractivity contribution in [3.63, 3.8) is 0 Å². The fourth-order valence-corrected chi connectivity index (χ4v) is 2.63. The maximum atomic E-state index is 11.9. The molecule has 0 aromatic heterocycles. The molecular formula is C17H12BrCl3O2. The van der Waals surface area contributed by atoms with E-state index in [4.69, 9.17) is 39.5 Å². The summed E-state index contributed by atoms with van der Waals surface area (Å²) in [6.45, 7) is 0. The second-order valence-corrected chi connectivity index (χ2v) is 7.83. The lowest BCUT2D eigenvalue weighted by Crippen LogP contribution is -2.24. The third kappa shape index (κ3) is 5.54. The van der Waals surface area contributed by atoms with Crippen LogP contribution in [0.4, 0.5) is 0 Å². The van der Waals surface area contributed by atoms with Gasteiger partial charge in [0.25, 0.3) is 3.79 Å². The summed E-state index contributed by atoms with van der Waals surface area (Å²) in [5.74, 6) is -0.935. The van der Waals surface area contributed by atoms with E-state index in [0.717, 1.165) is 11.1 Å². The second kappa shape index (κ2) is 8.20. The lowest BCUT2D eigenvalue weighted by Gasteiger charge is -2.20. The smallest absolute Gasteiger partial charge is 0.359 e. The Morgan fingerprint density at radius 2 is 1.52 bits per heavy atom. The fraction of sp³-hybridized carbons (Fsp3) is 0.118. The van der Waals surface area contributed by atoms with Crippen LogP contribution in [-0.2, 0) is 9.53 Å². The largest absolute Gasteiger partial charge is 0.449 e. The summed E-state index contributed by atoms with van der Waals surface area (Å²) < 4.78 is 3.89. The Bertz CT molecular complexity index is 682. The summed E-state index contributed by atoms with van der Waals surface area (Å²) in [5.41, 5.74) is 1.71. The minimum Gasteiger partial charge on any atom is -0.449 e. The molecule has 0 bridgehead atoms. The molecule has 1 unspecified atom stereocenters. The first-order valence-corrected chi connectivity index (χ1v) is 8.55. The summed E-state index contributed by atoms with van der Waals surface area (Å²) in [7, 11) is 0. The number of hydrogen-bond acceptors (Lipinski definition) is 2. The first-order chi connectivity index (χ1) is 10.9. The summed E-state index contributed by atoms with van der Waals surface area (Å²) in [5, 5.41) is 0. The average molecular weight is 435 g/mol. The van der Waals surface area contributed by atoms with Crippen LogP contribution in [0.15, 0.2) is 65.1 Å². The highest BCUT2D eigenvalue weighted by Crippen LogP contribution is 2.36. The molecule has 23 heavy (non-hydrogen) atoms. The standard InChI is InChI=1S/C17H12BrCl3O2/c18-14(11-12-7-3-1-4-8-12)15(13-9-5-2-6-10-13)23-16(22)17(19,20)21/h1-11,15H/b14-11-. The van der Waals surface area contributed by atoms with Gasteiger partial charge in [-0.05, 0) is 17.2 Å². The molecule has 0 saturated carbocycles. The Morgan fingerprint density at radius 1 is 1.00 bits per heavy atom. The van der Waals surface area contributed by atoms with Gasteiger partial charge < -0.3 is 4.74 Å². The lowest BCUT2D eigenvalue weighted by molar-refractivity contribution is -0.146. The van der Waals surface area contributed by atoms with Gasteiger partial charge in [-0.1, -0.05) is 111 Å². The minimum absolute atomic E-state index is 0.637. The van der Waals surface area contributed by atoms with E-state index < -0.39 is 15.9 Å². The normalized spacial score (nSPS) is 13.5. The second-order valence-electron chi connectivity index (χ2n) is 4.63. The van der Waals surface area contributed by atoms with E-state index in [1.807, 2.05) is 66.7 Å². The van der Waals surface area contributed by atoms with Crippen LogP contribution < -0.4 is 0 Å². The van der Waals surface area contributed by atoms with Gasteiger partial charge in [0.1, 0.15) is 0 Å². The maximum Gasteiger partial charge on any atom is 0.359 e. The van der Waals surface area contributed by atoms with Crippen molar-refractivity contribution in [3.05, 3.63) is 76.3 Å². The van der Waals surface area contributed by atoms with Crippen LogP contribution in [0.3, 0.4) is 0 Å². The van der Waals surface area contributed by atoms with E-state index >= 15 is 0 Å². The monoisotopic (exact) mass is 432 g/mol. The Labute approximate surface area is 158 Å². The number of ether oxygens (including phenoxy) is 1. The molecule has 0 aliphatic carbocycles. The van der Waals surface area contributed by atoms with Gasteiger partial charge in [-0.2, -0.15) is 0 Å². The summed E-state index contributed by atoms with van der Waals surface area (Å²) in [4.78, 5) is 11.9. The van der Waals surface area contributed by atoms with Crippen molar-refractivity contribution < 1.29 is 9.53 Å². The van der Waals surface area contributed by atoms with Crippen molar-refractivity contribution in [3.8, 4) is 0 Å². The van der Waals surface area contributed by atoms with Gasteiger partial charge in [-0.15, -0.1) is 0 Å². The Morgan fingerprint density at radius 3 is 2.04 bits per heavy atom. The number of benzene rings is 2. The van der Waals surface area contributed by atoms with E-state index in [0.29, 0.717) is 4.48 Å². The third-order valence-corrected chi connectivity index (χ3v) is 4.02. The van der Waals surface area contributed by atoms with Gasteiger partial charge in [0, 0.05) is 4.48 Å². The summed E-state index contributed by atoms with van der Waals surface area (Å²) in [6, 6.07) is 18.8. The molecule has 0 N–H and O–H groups in total. The highest BCUT2D eigenvalue weighted by atomic mass is 79.9. The van der Waals surface area contributed by atoms with E-state index in [1.54, 1.807) is 0 Å². The minimum atomic E-state index is -2.13. The van der Waals surface area contributed by atoms with Crippen molar-refractivity contribution >= 4 is 62.8 Å². The van der Waals surface area contributed by atoms with Crippen LogP contribution in [0.5, 0.6) is 0 Å². The highest BCUT2D eigenvalue weighted by molar-refractivity contribution is 9.11. The van der Waals surface area contributed by atoms with Crippen molar-refractivity contribution in [2.45, 2.75) is 9.90 Å². The zero-order chi connectivity index (χ0) is 16.9. The zero-order valence-corrected chi connectivity index (χ0v) is 15.6. The van der Waals surface area contributed by atoms with E-state index in [-0.39, 0.29) is 0 Å². The van der Waals surface area contributed by atoms with Crippen LogP contribution in [0.1, 0.15) is 17.2 Å². The van der Waals surface area contributed by atoms with Crippen molar-refractivity contribution in [1.29, 1.82) is 0 Å². The molecule has 2 aromatic carbocycles. The fourth-order valence-electron chi connectivity index (χ4n) is 1.87. The molecule has 0 fully saturated rings. The number of carbonyl (C=O) groups is 1. The molecule has 0 amide bonds. The van der Waals surface area contributed by atoms with Gasteiger partial charge in [0.2, 0.25) is 0 Å². The number of hydrogen-bond donors (Lipinski definition) is 0. The molecule has 0 spiro atoms. The number of rotatable bonds is 4. The Hall–Kier alpha value is -1.000. The Balaban J connectivity index is 2.34. The molecule has 1 atom stereocenters. The van der Waals surface area contributed by atoms with Gasteiger partial charge in [0.15, 0.2) is 6.10 Å². The summed E-state index contributed by atoms with van der Waals surface area (Å²) in [6.07, 6.45) is 1.14. The molecule has 0 radical (unpaired) electrons. The van der Waals surface area contributed by atoms with Gasteiger partial charge >= 0.3 is 5.97 Å². The predicted molar refractivity (Wildman–Crippen MR) is 98.9 cm³/mol. The number of alkyl halides is 3. The highest BCUT2D eigenvalue weighted by Gasteiger charge is 2.35. The van der Waals surface area contributed by atoms with E-state index in [2.05, 4.69) is 15.9 Å². The van der Waals surface area contributed by atoms with E-state index in [9.17, 15) is 4.79 Å². The quantitative estimate of drug-likeness (QED) is 0.431. The van der Waals surface area contributed by atoms with Gasteiger partial charge in [-0.3, -0.25) is 0 Å². The topological polar surface area (TPSA) is 26.3 Å². The van der Waals surface area contributed by atoms with Crippen LogP contribution in [-0.4, -0.2) is 9.76 Å². The first-order valence-electron chi connectivity index (χ1n) is 6.63. The molecular weight excluding hydrogens is 422 g/mol. The molecule has 0 aliphatic heterocycles. The molecule has 6 heteroatoms. The van der Waals surface area contributed by atoms with Gasteiger partial charge in [0.05, 0.1) is 0 Å². The zero-order valence-electron chi connectivity index (χ0n) is 11.8. The first kappa shape index (κ1) is 18.3. The SMILES string of the molecule is O=C(OC(/C(Br)=C/c1ccccc1)c1ccccc1)C(Cl)(Cl)Cl. The lowest BCUT2D eigenvalue weighted by atomic mass is 10.1. The molecule has 0 saturated heterocycles.